The van der Waals surface area contributed by atoms with Crippen LogP contribution in [0.1, 0.15) is 10.4 Å². The first-order chi connectivity index (χ1) is 10.8. The van der Waals surface area contributed by atoms with Crippen LogP contribution >= 0.6 is 0 Å². The van der Waals surface area contributed by atoms with E-state index in [1.54, 1.807) is 14.2 Å². The van der Waals surface area contributed by atoms with Crippen molar-refractivity contribution in [2.45, 2.75) is 0 Å². The predicted molar refractivity (Wildman–Crippen MR) is 72.8 cm³/mol. The van der Waals surface area contributed by atoms with Gasteiger partial charge in [-0.15, -0.1) is 0 Å². The Bertz CT molecular complexity index is 667. The third kappa shape index (κ3) is 4.65. The van der Waals surface area contributed by atoms with E-state index < -0.39 is 35.0 Å². The highest BCUT2D eigenvalue weighted by Crippen LogP contribution is 2.27. The molecule has 0 aliphatic rings. The van der Waals surface area contributed by atoms with Crippen molar-refractivity contribution >= 4 is 11.8 Å². The number of hydrogen-bond acceptors (Lipinski definition) is 5. The van der Waals surface area contributed by atoms with Gasteiger partial charge in [0, 0.05) is 26.5 Å². The zero-order chi connectivity index (χ0) is 17.6. The van der Waals surface area contributed by atoms with Crippen LogP contribution in [-0.4, -0.2) is 25.2 Å². The highest BCUT2D eigenvalue weighted by Gasteiger charge is 2.23. The molecule has 0 unspecified atom stereocenters. The Morgan fingerprint density at radius 1 is 1.09 bits per heavy atom. The first-order valence-electron chi connectivity index (χ1n) is 5.98. The van der Waals surface area contributed by atoms with Crippen LogP contribution in [0.3, 0.4) is 0 Å². The number of pyridine rings is 1. The average molecular weight is 332 g/mol. The lowest BCUT2D eigenvalue weighted by atomic mass is 10.2. The van der Waals surface area contributed by atoms with E-state index in [1.807, 2.05) is 0 Å². The summed E-state index contributed by atoms with van der Waals surface area (Å²) in [5, 5.41) is 0. The lowest BCUT2D eigenvalue weighted by Crippen LogP contribution is -2.13. The number of anilines is 1. The van der Waals surface area contributed by atoms with E-state index in [2.05, 4.69) is 14.5 Å². The van der Waals surface area contributed by atoms with Gasteiger partial charge in [-0.3, -0.25) is 0 Å². The van der Waals surface area contributed by atoms with E-state index in [9.17, 15) is 22.4 Å². The van der Waals surface area contributed by atoms with Crippen molar-refractivity contribution in [3.63, 3.8) is 0 Å². The molecule has 0 saturated carbocycles. The van der Waals surface area contributed by atoms with Crippen molar-refractivity contribution in [2.75, 3.05) is 20.0 Å². The second-order valence-corrected chi connectivity index (χ2v) is 4.07. The number of nitrogens with zero attached hydrogens (tertiary/aromatic N) is 1. The Morgan fingerprint density at radius 2 is 1.61 bits per heavy atom. The summed E-state index contributed by atoms with van der Waals surface area (Å²) in [6.45, 7) is 0. The standard InChI is InChI=1S/C12H6F4N2O2.C2H6O/c13-6-3-7(14)10(16)11(9(6)15)20-12(19)5-1-2-8(17)18-4-5;1-3-2/h1-4H,(H2,17,18);1-2H3. The van der Waals surface area contributed by atoms with Gasteiger partial charge in [-0.05, 0) is 12.1 Å². The molecule has 23 heavy (non-hydrogen) atoms. The summed E-state index contributed by atoms with van der Waals surface area (Å²) >= 11 is 0. The minimum absolute atomic E-state index is 0.00672. The van der Waals surface area contributed by atoms with Gasteiger partial charge in [0.15, 0.2) is 11.6 Å². The third-order valence-electron chi connectivity index (χ3n) is 2.29. The number of halogens is 4. The Hall–Kier alpha value is -2.68. The first kappa shape index (κ1) is 18.4. The third-order valence-corrected chi connectivity index (χ3v) is 2.29. The van der Waals surface area contributed by atoms with Gasteiger partial charge in [-0.1, -0.05) is 0 Å². The van der Waals surface area contributed by atoms with E-state index in [4.69, 9.17) is 5.73 Å². The summed E-state index contributed by atoms with van der Waals surface area (Å²) < 4.78 is 61.0. The summed E-state index contributed by atoms with van der Waals surface area (Å²) in [7, 11) is 3.25. The van der Waals surface area contributed by atoms with Crippen LogP contribution in [0.15, 0.2) is 24.4 Å². The van der Waals surface area contributed by atoms with E-state index in [0.717, 1.165) is 6.20 Å². The monoisotopic (exact) mass is 332 g/mol. The van der Waals surface area contributed by atoms with E-state index in [1.165, 1.54) is 12.1 Å². The molecule has 0 saturated heterocycles. The van der Waals surface area contributed by atoms with E-state index in [-0.39, 0.29) is 17.4 Å². The normalized spacial score (nSPS) is 9.83. The molecule has 0 amide bonds. The molecule has 5 nitrogen and oxygen atoms in total. The van der Waals surface area contributed by atoms with Crippen molar-refractivity contribution in [3.8, 4) is 5.75 Å². The van der Waals surface area contributed by atoms with Crippen molar-refractivity contribution in [3.05, 3.63) is 53.2 Å². The number of carbonyl (C=O) groups is 1. The fourth-order valence-electron chi connectivity index (χ4n) is 1.32. The van der Waals surface area contributed by atoms with Gasteiger partial charge in [0.1, 0.15) is 5.82 Å². The Balaban J connectivity index is 0.000000816. The number of rotatable bonds is 2. The van der Waals surface area contributed by atoms with Crippen LogP contribution in [-0.2, 0) is 4.74 Å². The van der Waals surface area contributed by atoms with E-state index in [0.29, 0.717) is 0 Å². The largest absolute Gasteiger partial charge is 0.416 e. The van der Waals surface area contributed by atoms with Crippen molar-refractivity contribution in [1.29, 1.82) is 0 Å². The van der Waals surface area contributed by atoms with Gasteiger partial charge in [0.25, 0.3) is 0 Å². The molecule has 2 N–H and O–H groups in total. The SMILES string of the molecule is COC.Nc1ccc(C(=O)Oc2c(F)c(F)cc(F)c2F)cn1. The Kier molecular flexibility index (Phi) is 6.46. The Labute approximate surface area is 128 Å². The molecular formula is C14H12F4N2O3. The zero-order valence-corrected chi connectivity index (χ0v) is 12.1. The molecule has 1 aromatic heterocycles. The lowest BCUT2D eigenvalue weighted by molar-refractivity contribution is 0.0717. The van der Waals surface area contributed by atoms with E-state index >= 15 is 0 Å². The predicted octanol–water partition coefficient (Wildman–Crippen LogP) is 2.70. The van der Waals surface area contributed by atoms with Crippen LogP contribution in [0.5, 0.6) is 5.75 Å². The van der Waals surface area contributed by atoms with Crippen LogP contribution in [0, 0.1) is 23.3 Å². The van der Waals surface area contributed by atoms with Crippen LogP contribution < -0.4 is 10.5 Å². The van der Waals surface area contributed by atoms with Crippen molar-refractivity contribution in [2.24, 2.45) is 0 Å². The molecule has 2 aromatic rings. The highest BCUT2D eigenvalue weighted by atomic mass is 19.2. The van der Waals surface area contributed by atoms with Gasteiger partial charge in [-0.25, -0.2) is 18.6 Å². The smallest absolute Gasteiger partial charge is 0.345 e. The molecule has 0 atom stereocenters. The maximum absolute atomic E-state index is 13.3. The number of methoxy groups -OCH3 is 1. The number of aromatic nitrogens is 1. The fraction of sp³-hybridized carbons (Fsp3) is 0.143. The lowest BCUT2D eigenvalue weighted by Gasteiger charge is -2.07. The molecule has 0 aliphatic carbocycles. The molecule has 1 aromatic carbocycles. The van der Waals surface area contributed by atoms with Gasteiger partial charge in [0.2, 0.25) is 17.4 Å². The quantitative estimate of drug-likeness (QED) is 0.396. The molecule has 124 valence electrons. The Morgan fingerprint density at radius 3 is 2.04 bits per heavy atom. The summed E-state index contributed by atoms with van der Waals surface area (Å²) in [6, 6.07) is 2.43. The van der Waals surface area contributed by atoms with Crippen LogP contribution in [0.25, 0.3) is 0 Å². The first-order valence-corrected chi connectivity index (χ1v) is 5.98. The van der Waals surface area contributed by atoms with Crippen LogP contribution in [0.4, 0.5) is 23.4 Å². The van der Waals surface area contributed by atoms with Crippen molar-refractivity contribution < 1.29 is 31.8 Å². The molecule has 2 rings (SSSR count). The summed E-state index contributed by atoms with van der Waals surface area (Å²) in [4.78, 5) is 15.1. The fourth-order valence-corrected chi connectivity index (χ4v) is 1.32. The molecule has 0 aliphatic heterocycles. The zero-order valence-electron chi connectivity index (χ0n) is 12.1. The maximum Gasteiger partial charge on any atom is 0.345 e. The van der Waals surface area contributed by atoms with Gasteiger partial charge in [-0.2, -0.15) is 8.78 Å². The minimum Gasteiger partial charge on any atom is -0.416 e. The second-order valence-electron chi connectivity index (χ2n) is 4.07. The average Bonchev–Trinajstić information content (AvgIpc) is 2.51. The van der Waals surface area contributed by atoms with Crippen LogP contribution in [0.2, 0.25) is 0 Å². The number of nitrogen functional groups attached to an aromatic ring is 1. The number of carbonyl (C=O) groups excluding carboxylic acids is 1. The number of benzene rings is 1. The van der Waals surface area contributed by atoms with Gasteiger partial charge >= 0.3 is 5.97 Å². The molecular weight excluding hydrogens is 320 g/mol. The maximum atomic E-state index is 13.3. The number of ether oxygens (including phenoxy) is 2. The molecule has 0 spiro atoms. The molecule has 9 heteroatoms. The van der Waals surface area contributed by atoms with Gasteiger partial charge in [0.05, 0.1) is 5.56 Å². The summed E-state index contributed by atoms with van der Waals surface area (Å²) in [6.07, 6.45) is 0.989. The minimum atomic E-state index is -1.80. The molecule has 1 heterocycles. The molecule has 0 radical (unpaired) electrons. The van der Waals surface area contributed by atoms with Crippen molar-refractivity contribution in [1.82, 2.24) is 4.98 Å². The number of hydrogen-bond donors (Lipinski definition) is 1. The molecule has 0 fully saturated rings. The summed E-state index contributed by atoms with van der Waals surface area (Å²) in [5.74, 6) is -9.55. The highest BCUT2D eigenvalue weighted by molar-refractivity contribution is 5.90. The topological polar surface area (TPSA) is 74.4 Å². The number of nitrogens with two attached hydrogens (primary N) is 1. The second kappa shape index (κ2) is 8.08. The summed E-state index contributed by atoms with van der Waals surface area (Å²) in [5.41, 5.74) is 5.09. The number of esters is 1. The van der Waals surface area contributed by atoms with Gasteiger partial charge < -0.3 is 15.2 Å². The molecule has 0 bridgehead atoms.